The number of para-hydroxylation sites is 2. The first-order valence-corrected chi connectivity index (χ1v) is 9.65. The van der Waals surface area contributed by atoms with Crippen molar-refractivity contribution in [2.24, 2.45) is 0 Å². The standard InChI is InChI=1S/C21H20F3N5O3/c1-3-13(2)32-15-10-8-14(9-11-15)26-20-25-12-16(21(22,23)24)19(28-20)27-17-6-4-5-7-18(17)29(30)31/h4-13H,3H2,1-2H3,(H2,25,26,27,28). The van der Waals surface area contributed by atoms with E-state index in [0.29, 0.717) is 17.6 Å². The number of aromatic nitrogens is 2. The molecule has 0 radical (unpaired) electrons. The van der Waals surface area contributed by atoms with Gasteiger partial charge in [0, 0.05) is 18.0 Å². The van der Waals surface area contributed by atoms with Crippen molar-refractivity contribution >= 4 is 28.8 Å². The van der Waals surface area contributed by atoms with Crippen LogP contribution >= 0.6 is 0 Å². The van der Waals surface area contributed by atoms with Crippen molar-refractivity contribution in [3.05, 3.63) is 70.4 Å². The first-order chi connectivity index (χ1) is 15.2. The number of halogens is 3. The Balaban J connectivity index is 1.89. The second kappa shape index (κ2) is 9.50. The maximum Gasteiger partial charge on any atom is 0.421 e. The summed E-state index contributed by atoms with van der Waals surface area (Å²) in [6.45, 7) is 3.94. The molecule has 1 heterocycles. The molecule has 0 aliphatic rings. The Labute approximate surface area is 181 Å². The van der Waals surface area contributed by atoms with E-state index in [1.807, 2.05) is 13.8 Å². The predicted molar refractivity (Wildman–Crippen MR) is 114 cm³/mol. The van der Waals surface area contributed by atoms with Gasteiger partial charge >= 0.3 is 6.18 Å². The summed E-state index contributed by atoms with van der Waals surface area (Å²) >= 11 is 0. The van der Waals surface area contributed by atoms with Crippen LogP contribution in [0.15, 0.2) is 54.7 Å². The summed E-state index contributed by atoms with van der Waals surface area (Å²) in [7, 11) is 0. The number of nitro benzene ring substituents is 1. The third-order valence-corrected chi connectivity index (χ3v) is 4.47. The third kappa shape index (κ3) is 5.62. The van der Waals surface area contributed by atoms with Crippen LogP contribution in [0.5, 0.6) is 5.75 Å². The van der Waals surface area contributed by atoms with Gasteiger partial charge in [0.05, 0.1) is 11.0 Å². The second-order valence-electron chi connectivity index (χ2n) is 6.84. The number of rotatable bonds is 8. The van der Waals surface area contributed by atoms with E-state index in [-0.39, 0.29) is 23.4 Å². The normalized spacial score (nSPS) is 12.2. The number of ether oxygens (including phenoxy) is 1. The minimum absolute atomic E-state index is 0.0442. The van der Waals surface area contributed by atoms with Gasteiger partial charge in [-0.15, -0.1) is 0 Å². The fourth-order valence-electron chi connectivity index (χ4n) is 2.67. The highest BCUT2D eigenvalue weighted by molar-refractivity contribution is 5.70. The maximum absolute atomic E-state index is 13.5. The molecule has 2 aromatic carbocycles. The molecule has 0 saturated heterocycles. The Morgan fingerprint density at radius 2 is 1.81 bits per heavy atom. The average molecular weight is 447 g/mol. The van der Waals surface area contributed by atoms with Crippen LogP contribution < -0.4 is 15.4 Å². The van der Waals surface area contributed by atoms with Gasteiger partial charge in [-0.05, 0) is 43.7 Å². The number of hydrogen-bond donors (Lipinski definition) is 2. The summed E-state index contributed by atoms with van der Waals surface area (Å²) in [5.41, 5.74) is -1.14. The molecule has 0 fully saturated rings. The zero-order chi connectivity index (χ0) is 23.3. The van der Waals surface area contributed by atoms with Crippen LogP contribution in [-0.2, 0) is 6.18 Å². The smallest absolute Gasteiger partial charge is 0.421 e. The molecule has 1 aromatic heterocycles. The van der Waals surface area contributed by atoms with Crippen molar-refractivity contribution in [3.8, 4) is 5.75 Å². The SMILES string of the molecule is CCC(C)Oc1ccc(Nc2ncc(C(F)(F)F)c(Nc3ccccc3[N+](=O)[O-])n2)cc1. The van der Waals surface area contributed by atoms with E-state index < -0.39 is 22.5 Å². The number of nitrogens with one attached hydrogen (secondary N) is 2. The lowest BCUT2D eigenvalue weighted by Gasteiger charge is -2.15. The summed E-state index contributed by atoms with van der Waals surface area (Å²) in [6.07, 6.45) is -3.26. The van der Waals surface area contributed by atoms with Gasteiger partial charge in [-0.25, -0.2) is 4.98 Å². The van der Waals surface area contributed by atoms with Gasteiger partial charge in [-0.1, -0.05) is 19.1 Å². The van der Waals surface area contributed by atoms with Gasteiger partial charge in [0.25, 0.3) is 5.69 Å². The van der Waals surface area contributed by atoms with Gasteiger partial charge in [-0.3, -0.25) is 10.1 Å². The molecule has 0 aliphatic heterocycles. The molecule has 0 amide bonds. The van der Waals surface area contributed by atoms with Gasteiger partial charge in [0.2, 0.25) is 5.95 Å². The highest BCUT2D eigenvalue weighted by Crippen LogP contribution is 2.37. The predicted octanol–water partition coefficient (Wildman–Crippen LogP) is 6.07. The van der Waals surface area contributed by atoms with Crippen LogP contribution in [0.25, 0.3) is 0 Å². The Hall–Kier alpha value is -3.89. The molecule has 0 bridgehead atoms. The number of benzene rings is 2. The molecule has 3 rings (SSSR count). The minimum Gasteiger partial charge on any atom is -0.491 e. The lowest BCUT2D eigenvalue weighted by molar-refractivity contribution is -0.383. The van der Waals surface area contributed by atoms with E-state index in [9.17, 15) is 23.3 Å². The molecule has 1 atom stereocenters. The summed E-state index contributed by atoms with van der Waals surface area (Å²) in [6, 6.07) is 12.1. The van der Waals surface area contributed by atoms with E-state index >= 15 is 0 Å². The first kappa shape index (κ1) is 22.8. The summed E-state index contributed by atoms with van der Waals surface area (Å²) < 4.78 is 46.1. The highest BCUT2D eigenvalue weighted by atomic mass is 19.4. The summed E-state index contributed by atoms with van der Waals surface area (Å²) in [5, 5.41) is 16.4. The minimum atomic E-state index is -4.76. The van der Waals surface area contributed by atoms with Gasteiger partial charge < -0.3 is 15.4 Å². The van der Waals surface area contributed by atoms with Crippen LogP contribution in [0, 0.1) is 10.1 Å². The molecule has 0 spiro atoms. The number of nitro groups is 1. The zero-order valence-electron chi connectivity index (χ0n) is 17.2. The summed E-state index contributed by atoms with van der Waals surface area (Å²) in [5.74, 6) is -0.0762. The number of alkyl halides is 3. The van der Waals surface area contributed by atoms with E-state index in [1.54, 1.807) is 24.3 Å². The topological polar surface area (TPSA) is 102 Å². The molecule has 1 unspecified atom stereocenters. The molecule has 8 nitrogen and oxygen atoms in total. The summed E-state index contributed by atoms with van der Waals surface area (Å²) in [4.78, 5) is 18.2. The van der Waals surface area contributed by atoms with E-state index in [0.717, 1.165) is 6.42 Å². The van der Waals surface area contributed by atoms with Crippen molar-refractivity contribution in [1.29, 1.82) is 0 Å². The monoisotopic (exact) mass is 447 g/mol. The fraction of sp³-hybridized carbons (Fsp3) is 0.238. The van der Waals surface area contributed by atoms with Crippen LogP contribution in [0.3, 0.4) is 0 Å². The highest BCUT2D eigenvalue weighted by Gasteiger charge is 2.36. The second-order valence-corrected chi connectivity index (χ2v) is 6.84. The lowest BCUT2D eigenvalue weighted by Crippen LogP contribution is -2.13. The first-order valence-electron chi connectivity index (χ1n) is 9.65. The zero-order valence-corrected chi connectivity index (χ0v) is 17.2. The number of hydrogen-bond acceptors (Lipinski definition) is 7. The van der Waals surface area contributed by atoms with Crippen LogP contribution in [0.2, 0.25) is 0 Å². The molecule has 0 aliphatic carbocycles. The average Bonchev–Trinajstić information content (AvgIpc) is 2.74. The molecule has 168 valence electrons. The van der Waals surface area contributed by atoms with Crippen molar-refractivity contribution in [2.45, 2.75) is 32.5 Å². The van der Waals surface area contributed by atoms with Crippen LogP contribution in [-0.4, -0.2) is 21.0 Å². The number of anilines is 4. The van der Waals surface area contributed by atoms with E-state index in [4.69, 9.17) is 4.74 Å². The Bertz CT molecular complexity index is 1090. The van der Waals surface area contributed by atoms with E-state index in [2.05, 4.69) is 20.6 Å². The quantitative estimate of drug-likeness (QED) is 0.319. The lowest BCUT2D eigenvalue weighted by atomic mass is 10.2. The van der Waals surface area contributed by atoms with E-state index in [1.165, 1.54) is 24.3 Å². The Morgan fingerprint density at radius 3 is 2.44 bits per heavy atom. The maximum atomic E-state index is 13.5. The van der Waals surface area contributed by atoms with Crippen molar-refractivity contribution < 1.29 is 22.8 Å². The molecule has 3 aromatic rings. The largest absolute Gasteiger partial charge is 0.491 e. The van der Waals surface area contributed by atoms with Crippen molar-refractivity contribution in [3.63, 3.8) is 0 Å². The fourth-order valence-corrected chi connectivity index (χ4v) is 2.67. The van der Waals surface area contributed by atoms with Gasteiger partial charge in [0.15, 0.2) is 0 Å². The Morgan fingerprint density at radius 1 is 1.12 bits per heavy atom. The van der Waals surface area contributed by atoms with Crippen molar-refractivity contribution in [2.75, 3.05) is 10.6 Å². The van der Waals surface area contributed by atoms with Crippen molar-refractivity contribution in [1.82, 2.24) is 9.97 Å². The Kier molecular flexibility index (Phi) is 6.76. The molecular weight excluding hydrogens is 427 g/mol. The van der Waals surface area contributed by atoms with Gasteiger partial charge in [0.1, 0.15) is 22.8 Å². The third-order valence-electron chi connectivity index (χ3n) is 4.47. The van der Waals surface area contributed by atoms with Crippen LogP contribution in [0.4, 0.5) is 42.0 Å². The molecule has 32 heavy (non-hydrogen) atoms. The molecular formula is C21H20F3N5O3. The molecule has 2 N–H and O–H groups in total. The number of nitrogens with zero attached hydrogens (tertiary/aromatic N) is 3. The molecule has 0 saturated carbocycles. The molecule has 11 heteroatoms. The van der Waals surface area contributed by atoms with Gasteiger partial charge in [-0.2, -0.15) is 18.2 Å². The van der Waals surface area contributed by atoms with Crippen LogP contribution in [0.1, 0.15) is 25.8 Å².